The fraction of sp³-hybridized carbons (Fsp3) is 1.00. The monoisotopic (exact) mass is 137 g/mol. The van der Waals surface area contributed by atoms with E-state index in [9.17, 15) is 8.78 Å². The Kier molecular flexibility index (Phi) is 1.68. The summed E-state index contributed by atoms with van der Waals surface area (Å²) in [6.45, 7) is 0.121. The van der Waals surface area contributed by atoms with Crippen molar-refractivity contribution in [1.29, 1.82) is 0 Å². The molecule has 0 radical (unpaired) electrons. The SMILES string of the molecule is OCC1(C(F)F)CCN1. The van der Waals surface area contributed by atoms with Gasteiger partial charge in [-0.25, -0.2) is 8.78 Å². The number of rotatable bonds is 2. The molecule has 0 aromatic rings. The minimum Gasteiger partial charge on any atom is -0.394 e. The second kappa shape index (κ2) is 2.19. The summed E-state index contributed by atoms with van der Waals surface area (Å²) in [7, 11) is 0. The summed E-state index contributed by atoms with van der Waals surface area (Å²) in [4.78, 5) is 0. The third kappa shape index (κ3) is 0.923. The average molecular weight is 137 g/mol. The first-order valence-electron chi connectivity index (χ1n) is 2.85. The van der Waals surface area contributed by atoms with E-state index in [1.807, 2.05) is 0 Å². The summed E-state index contributed by atoms with van der Waals surface area (Å²) in [6.07, 6.45) is -2.07. The molecule has 1 unspecified atom stereocenters. The molecule has 4 heteroatoms. The molecule has 1 atom stereocenters. The van der Waals surface area contributed by atoms with Crippen LogP contribution in [0.2, 0.25) is 0 Å². The lowest BCUT2D eigenvalue weighted by atomic mass is 9.89. The lowest BCUT2D eigenvalue weighted by Crippen LogP contribution is -2.64. The van der Waals surface area contributed by atoms with Gasteiger partial charge in [0.25, 0.3) is 6.43 Å². The molecule has 0 amide bonds. The number of hydrogen-bond acceptors (Lipinski definition) is 2. The van der Waals surface area contributed by atoms with Crippen molar-refractivity contribution in [1.82, 2.24) is 5.32 Å². The van der Waals surface area contributed by atoms with Gasteiger partial charge in [-0.15, -0.1) is 0 Å². The van der Waals surface area contributed by atoms with Crippen LogP contribution in [-0.4, -0.2) is 30.2 Å². The summed E-state index contributed by atoms with van der Waals surface area (Å²) in [5.74, 6) is 0. The van der Waals surface area contributed by atoms with E-state index in [0.29, 0.717) is 13.0 Å². The predicted molar refractivity (Wildman–Crippen MR) is 28.4 cm³/mol. The van der Waals surface area contributed by atoms with Crippen molar-refractivity contribution >= 4 is 0 Å². The molecule has 1 aliphatic heterocycles. The molecule has 0 spiro atoms. The third-order valence-corrected chi connectivity index (χ3v) is 1.75. The highest BCUT2D eigenvalue weighted by molar-refractivity contribution is 4.98. The highest BCUT2D eigenvalue weighted by Crippen LogP contribution is 2.25. The second-order valence-corrected chi connectivity index (χ2v) is 2.29. The number of halogens is 2. The normalized spacial score (nSPS) is 34.7. The van der Waals surface area contributed by atoms with Gasteiger partial charge in [0.15, 0.2) is 0 Å². The number of hydrogen-bond donors (Lipinski definition) is 2. The topological polar surface area (TPSA) is 32.3 Å². The van der Waals surface area contributed by atoms with Crippen molar-refractivity contribution in [2.75, 3.05) is 13.2 Å². The Morgan fingerprint density at radius 3 is 2.22 bits per heavy atom. The first-order valence-corrected chi connectivity index (χ1v) is 2.85. The Morgan fingerprint density at radius 1 is 1.67 bits per heavy atom. The highest BCUT2D eigenvalue weighted by Gasteiger charge is 2.44. The summed E-state index contributed by atoms with van der Waals surface area (Å²) >= 11 is 0. The van der Waals surface area contributed by atoms with Crippen LogP contribution in [0.1, 0.15) is 6.42 Å². The van der Waals surface area contributed by atoms with Gasteiger partial charge in [0.2, 0.25) is 0 Å². The Labute approximate surface area is 51.9 Å². The van der Waals surface area contributed by atoms with Crippen LogP contribution < -0.4 is 5.32 Å². The fourth-order valence-electron chi connectivity index (χ4n) is 0.836. The summed E-state index contributed by atoms with van der Waals surface area (Å²) < 4.78 is 23.8. The van der Waals surface area contributed by atoms with E-state index < -0.39 is 18.6 Å². The quantitative estimate of drug-likeness (QED) is 0.560. The van der Waals surface area contributed by atoms with Crippen LogP contribution in [0, 0.1) is 0 Å². The van der Waals surface area contributed by atoms with Gasteiger partial charge in [-0.3, -0.25) is 0 Å². The summed E-state index contributed by atoms with van der Waals surface area (Å²) in [5, 5.41) is 11.0. The number of nitrogens with one attached hydrogen (secondary N) is 1. The minimum atomic E-state index is -2.45. The smallest absolute Gasteiger partial charge is 0.258 e. The van der Waals surface area contributed by atoms with E-state index >= 15 is 0 Å². The molecule has 0 saturated carbocycles. The van der Waals surface area contributed by atoms with Crippen LogP contribution in [0.25, 0.3) is 0 Å². The van der Waals surface area contributed by atoms with Gasteiger partial charge in [-0.2, -0.15) is 0 Å². The van der Waals surface area contributed by atoms with E-state index in [1.54, 1.807) is 0 Å². The van der Waals surface area contributed by atoms with Crippen molar-refractivity contribution in [2.24, 2.45) is 0 Å². The molecule has 0 aromatic carbocycles. The van der Waals surface area contributed by atoms with E-state index in [-0.39, 0.29) is 0 Å². The lowest BCUT2D eigenvalue weighted by Gasteiger charge is -2.40. The molecule has 1 rings (SSSR count). The highest BCUT2D eigenvalue weighted by atomic mass is 19.3. The van der Waals surface area contributed by atoms with Gasteiger partial charge in [0.1, 0.15) is 5.54 Å². The lowest BCUT2D eigenvalue weighted by molar-refractivity contribution is -0.0434. The Hall–Kier alpha value is -0.220. The molecule has 1 saturated heterocycles. The fourth-order valence-corrected chi connectivity index (χ4v) is 0.836. The Bertz CT molecular complexity index is 97.6. The Balaban J connectivity index is 2.46. The largest absolute Gasteiger partial charge is 0.394 e. The zero-order valence-corrected chi connectivity index (χ0v) is 4.90. The van der Waals surface area contributed by atoms with Gasteiger partial charge in [0, 0.05) is 0 Å². The molecule has 0 bridgehead atoms. The maximum atomic E-state index is 11.9. The van der Waals surface area contributed by atoms with Crippen molar-refractivity contribution in [3.05, 3.63) is 0 Å². The Morgan fingerprint density at radius 2 is 2.22 bits per heavy atom. The molecule has 2 N–H and O–H groups in total. The van der Waals surface area contributed by atoms with Crippen molar-refractivity contribution < 1.29 is 13.9 Å². The van der Waals surface area contributed by atoms with Gasteiger partial charge in [-0.1, -0.05) is 0 Å². The van der Waals surface area contributed by atoms with Crippen molar-refractivity contribution in [3.8, 4) is 0 Å². The zero-order chi connectivity index (χ0) is 6.91. The molecule has 2 nitrogen and oxygen atoms in total. The first kappa shape index (κ1) is 6.89. The molecule has 0 aliphatic carbocycles. The summed E-state index contributed by atoms with van der Waals surface area (Å²) in [6, 6.07) is 0. The maximum absolute atomic E-state index is 11.9. The van der Waals surface area contributed by atoms with Crippen LogP contribution in [-0.2, 0) is 0 Å². The number of aliphatic hydroxyl groups is 1. The van der Waals surface area contributed by atoms with Crippen LogP contribution in [0.5, 0.6) is 0 Å². The van der Waals surface area contributed by atoms with Crippen LogP contribution in [0.4, 0.5) is 8.78 Å². The van der Waals surface area contributed by atoms with Gasteiger partial charge >= 0.3 is 0 Å². The van der Waals surface area contributed by atoms with Crippen LogP contribution in [0.3, 0.4) is 0 Å². The molecular formula is C5H9F2NO. The molecule has 54 valence electrons. The second-order valence-electron chi connectivity index (χ2n) is 2.29. The van der Waals surface area contributed by atoms with Crippen molar-refractivity contribution in [3.63, 3.8) is 0 Å². The molecule has 0 aromatic heterocycles. The van der Waals surface area contributed by atoms with Gasteiger partial charge in [-0.05, 0) is 13.0 Å². The van der Waals surface area contributed by atoms with E-state index in [4.69, 9.17) is 5.11 Å². The summed E-state index contributed by atoms with van der Waals surface area (Å²) in [5.41, 5.74) is -1.26. The standard InChI is InChI=1S/C5H9F2NO/c6-4(7)5(3-9)1-2-8-5/h4,8-9H,1-3H2. The molecular weight excluding hydrogens is 128 g/mol. The molecule has 9 heavy (non-hydrogen) atoms. The van der Waals surface area contributed by atoms with E-state index in [0.717, 1.165) is 0 Å². The maximum Gasteiger partial charge on any atom is 0.258 e. The van der Waals surface area contributed by atoms with Crippen LogP contribution >= 0.6 is 0 Å². The predicted octanol–water partition coefficient (Wildman–Crippen LogP) is -0.0241. The number of aliphatic hydroxyl groups excluding tert-OH is 1. The third-order valence-electron chi connectivity index (χ3n) is 1.75. The average Bonchev–Trinajstić information content (AvgIpc) is 1.62. The molecule has 1 heterocycles. The zero-order valence-electron chi connectivity index (χ0n) is 4.90. The molecule has 1 fully saturated rings. The van der Waals surface area contributed by atoms with Crippen molar-refractivity contribution in [2.45, 2.75) is 18.4 Å². The molecule has 1 aliphatic rings. The van der Waals surface area contributed by atoms with E-state index in [2.05, 4.69) is 5.32 Å². The number of alkyl halides is 2. The first-order chi connectivity index (χ1) is 4.21. The minimum absolute atomic E-state index is 0.376. The van der Waals surface area contributed by atoms with E-state index in [1.165, 1.54) is 0 Å². The van der Waals surface area contributed by atoms with Gasteiger partial charge in [0.05, 0.1) is 6.61 Å². The van der Waals surface area contributed by atoms with Crippen LogP contribution in [0.15, 0.2) is 0 Å². The van der Waals surface area contributed by atoms with Gasteiger partial charge < -0.3 is 10.4 Å².